The van der Waals surface area contributed by atoms with Crippen LogP contribution in [0.2, 0.25) is 0 Å². The summed E-state index contributed by atoms with van der Waals surface area (Å²) < 4.78 is 24.8. The molecule has 0 spiro atoms. The molecule has 0 unspecified atom stereocenters. The van der Waals surface area contributed by atoms with Crippen LogP contribution in [0.5, 0.6) is 0 Å². The summed E-state index contributed by atoms with van der Waals surface area (Å²) in [6.45, 7) is 3.64. The van der Waals surface area contributed by atoms with Gasteiger partial charge in [0.05, 0.1) is 0 Å². The van der Waals surface area contributed by atoms with Gasteiger partial charge >= 0.3 is 0 Å². The van der Waals surface area contributed by atoms with E-state index in [4.69, 9.17) is 5.73 Å². The third-order valence-electron chi connectivity index (χ3n) is 2.01. The predicted octanol–water partition coefficient (Wildman–Crippen LogP) is 2.09. The Balaban J connectivity index is 3.25. The number of hydrogen-bond donors (Lipinski definition) is 1. The Kier molecular flexibility index (Phi) is 2.93. The molecule has 0 aliphatic rings. The molecule has 0 aromatic carbocycles. The van der Waals surface area contributed by atoms with Gasteiger partial charge in [-0.25, -0.2) is 8.78 Å². The number of nitrogens with two attached hydrogens (primary N) is 1. The molecular weight excluding hydrogens is 174 g/mol. The number of aryl methyl sites for hydroxylation is 2. The SMILES string of the molecule is Cc1cc(CN)c(C(F)F)nc1C. The zero-order valence-corrected chi connectivity index (χ0v) is 7.64. The van der Waals surface area contributed by atoms with Gasteiger partial charge in [-0.2, -0.15) is 0 Å². The van der Waals surface area contributed by atoms with E-state index in [0.717, 1.165) is 5.56 Å². The van der Waals surface area contributed by atoms with E-state index in [2.05, 4.69) is 4.98 Å². The van der Waals surface area contributed by atoms with Gasteiger partial charge in [0.15, 0.2) is 0 Å². The fraction of sp³-hybridized carbons (Fsp3) is 0.444. The molecule has 0 aliphatic carbocycles. The van der Waals surface area contributed by atoms with E-state index in [9.17, 15) is 8.78 Å². The highest BCUT2D eigenvalue weighted by atomic mass is 19.3. The molecule has 1 aromatic rings. The molecule has 13 heavy (non-hydrogen) atoms. The van der Waals surface area contributed by atoms with E-state index in [1.54, 1.807) is 13.0 Å². The molecule has 4 heteroatoms. The van der Waals surface area contributed by atoms with Crippen molar-refractivity contribution in [3.63, 3.8) is 0 Å². The highest BCUT2D eigenvalue weighted by molar-refractivity contribution is 5.29. The Morgan fingerprint density at radius 3 is 2.54 bits per heavy atom. The zero-order valence-electron chi connectivity index (χ0n) is 7.64. The third-order valence-corrected chi connectivity index (χ3v) is 2.01. The Hall–Kier alpha value is -1.03. The fourth-order valence-corrected chi connectivity index (χ4v) is 1.13. The minimum absolute atomic E-state index is 0.105. The second-order valence-electron chi connectivity index (χ2n) is 2.94. The lowest BCUT2D eigenvalue weighted by atomic mass is 10.1. The quantitative estimate of drug-likeness (QED) is 0.768. The first-order chi connectivity index (χ1) is 6.06. The maximum absolute atomic E-state index is 12.4. The van der Waals surface area contributed by atoms with Crippen molar-refractivity contribution in [2.45, 2.75) is 26.8 Å². The van der Waals surface area contributed by atoms with E-state index in [-0.39, 0.29) is 12.2 Å². The highest BCUT2D eigenvalue weighted by Crippen LogP contribution is 2.22. The highest BCUT2D eigenvalue weighted by Gasteiger charge is 2.14. The van der Waals surface area contributed by atoms with Gasteiger partial charge in [0.1, 0.15) is 5.69 Å². The van der Waals surface area contributed by atoms with Crippen LogP contribution in [-0.2, 0) is 6.54 Å². The minimum Gasteiger partial charge on any atom is -0.326 e. The van der Waals surface area contributed by atoms with Crippen LogP contribution in [0.1, 0.15) is 28.9 Å². The molecule has 2 N–H and O–H groups in total. The van der Waals surface area contributed by atoms with Crippen LogP contribution in [0, 0.1) is 13.8 Å². The van der Waals surface area contributed by atoms with Crippen LogP contribution in [0.25, 0.3) is 0 Å². The van der Waals surface area contributed by atoms with Crippen LogP contribution < -0.4 is 5.73 Å². The molecular formula is C9H12F2N2. The number of aromatic nitrogens is 1. The van der Waals surface area contributed by atoms with Gasteiger partial charge in [-0.3, -0.25) is 4.98 Å². The molecule has 0 amide bonds. The van der Waals surface area contributed by atoms with Crippen molar-refractivity contribution < 1.29 is 8.78 Å². The summed E-state index contributed by atoms with van der Waals surface area (Å²) in [6.07, 6.45) is -2.54. The lowest BCUT2D eigenvalue weighted by molar-refractivity contribution is 0.144. The van der Waals surface area contributed by atoms with E-state index < -0.39 is 6.43 Å². The summed E-state index contributed by atoms with van der Waals surface area (Å²) in [5.74, 6) is 0. The van der Waals surface area contributed by atoms with Gasteiger partial charge in [-0.1, -0.05) is 6.07 Å². The van der Waals surface area contributed by atoms with Gasteiger partial charge in [0.2, 0.25) is 0 Å². The Labute approximate surface area is 75.8 Å². The molecule has 0 saturated heterocycles. The number of alkyl halides is 2. The minimum atomic E-state index is -2.54. The first-order valence-electron chi connectivity index (χ1n) is 4.01. The summed E-state index contributed by atoms with van der Waals surface area (Å²) in [5.41, 5.74) is 7.10. The molecule has 1 rings (SSSR count). The summed E-state index contributed by atoms with van der Waals surface area (Å²) in [6, 6.07) is 1.67. The van der Waals surface area contributed by atoms with E-state index in [0.29, 0.717) is 11.3 Å². The Bertz CT molecular complexity index is 311. The summed E-state index contributed by atoms with van der Waals surface area (Å²) in [7, 11) is 0. The Morgan fingerprint density at radius 2 is 2.08 bits per heavy atom. The Morgan fingerprint density at radius 1 is 1.46 bits per heavy atom. The van der Waals surface area contributed by atoms with Gasteiger partial charge in [-0.05, 0) is 25.0 Å². The maximum Gasteiger partial charge on any atom is 0.280 e. The lowest BCUT2D eigenvalue weighted by Crippen LogP contribution is -2.06. The summed E-state index contributed by atoms with van der Waals surface area (Å²) >= 11 is 0. The predicted molar refractivity (Wildman–Crippen MR) is 46.6 cm³/mol. The molecule has 0 saturated carbocycles. The average Bonchev–Trinajstić information content (AvgIpc) is 2.08. The van der Waals surface area contributed by atoms with Crippen molar-refractivity contribution >= 4 is 0 Å². The van der Waals surface area contributed by atoms with E-state index in [1.165, 1.54) is 0 Å². The normalized spacial score (nSPS) is 10.9. The number of pyridine rings is 1. The maximum atomic E-state index is 12.4. The topological polar surface area (TPSA) is 38.9 Å². The van der Waals surface area contributed by atoms with Crippen molar-refractivity contribution in [1.29, 1.82) is 0 Å². The molecule has 0 bridgehead atoms. The van der Waals surface area contributed by atoms with Crippen LogP contribution in [0.15, 0.2) is 6.07 Å². The number of halogens is 2. The van der Waals surface area contributed by atoms with Crippen LogP contribution >= 0.6 is 0 Å². The second kappa shape index (κ2) is 3.79. The van der Waals surface area contributed by atoms with Crippen molar-refractivity contribution in [1.82, 2.24) is 4.98 Å². The standard InChI is InChI=1S/C9H12F2N2/c1-5-3-7(4-12)8(9(10)11)13-6(5)2/h3,9H,4,12H2,1-2H3. The van der Waals surface area contributed by atoms with Crippen LogP contribution in [0.3, 0.4) is 0 Å². The summed E-state index contributed by atoms with van der Waals surface area (Å²) in [5, 5.41) is 0. The largest absolute Gasteiger partial charge is 0.326 e. The molecule has 0 atom stereocenters. The molecule has 0 fully saturated rings. The van der Waals surface area contributed by atoms with Gasteiger partial charge < -0.3 is 5.73 Å². The van der Waals surface area contributed by atoms with Gasteiger partial charge in [0.25, 0.3) is 6.43 Å². The summed E-state index contributed by atoms with van der Waals surface area (Å²) in [4.78, 5) is 3.81. The van der Waals surface area contributed by atoms with Crippen LogP contribution in [-0.4, -0.2) is 4.98 Å². The monoisotopic (exact) mass is 186 g/mol. The lowest BCUT2D eigenvalue weighted by Gasteiger charge is -2.09. The van der Waals surface area contributed by atoms with Crippen LogP contribution in [0.4, 0.5) is 8.78 Å². The second-order valence-corrected chi connectivity index (χ2v) is 2.94. The van der Waals surface area contributed by atoms with Gasteiger partial charge in [-0.15, -0.1) is 0 Å². The average molecular weight is 186 g/mol. The van der Waals surface area contributed by atoms with Gasteiger partial charge in [0, 0.05) is 12.2 Å². The third kappa shape index (κ3) is 2.01. The molecule has 1 aromatic heterocycles. The van der Waals surface area contributed by atoms with Crippen molar-refractivity contribution in [3.05, 3.63) is 28.6 Å². The molecule has 0 aliphatic heterocycles. The van der Waals surface area contributed by atoms with Crippen molar-refractivity contribution in [2.75, 3.05) is 0 Å². The molecule has 1 heterocycles. The number of rotatable bonds is 2. The zero-order chi connectivity index (χ0) is 10.0. The number of nitrogens with zero attached hydrogens (tertiary/aromatic N) is 1. The van der Waals surface area contributed by atoms with Crippen molar-refractivity contribution in [3.8, 4) is 0 Å². The first-order valence-corrected chi connectivity index (χ1v) is 4.01. The first kappa shape index (κ1) is 10.1. The molecule has 2 nitrogen and oxygen atoms in total. The smallest absolute Gasteiger partial charge is 0.280 e. The number of hydrogen-bond acceptors (Lipinski definition) is 2. The van der Waals surface area contributed by atoms with E-state index in [1.807, 2.05) is 6.92 Å². The molecule has 0 radical (unpaired) electrons. The fourth-order valence-electron chi connectivity index (χ4n) is 1.13. The molecule has 72 valence electrons. The van der Waals surface area contributed by atoms with Crippen molar-refractivity contribution in [2.24, 2.45) is 5.73 Å². The van der Waals surface area contributed by atoms with E-state index >= 15 is 0 Å².